The van der Waals surface area contributed by atoms with Gasteiger partial charge in [0.1, 0.15) is 28.8 Å². The molecule has 0 saturated heterocycles. The third-order valence-electron chi connectivity index (χ3n) is 11.3. The van der Waals surface area contributed by atoms with Crippen molar-refractivity contribution in [2.45, 2.75) is 98.4 Å². The van der Waals surface area contributed by atoms with Crippen molar-refractivity contribution in [2.24, 2.45) is 0 Å². The van der Waals surface area contributed by atoms with E-state index < -0.39 is 52.0 Å². The van der Waals surface area contributed by atoms with Crippen molar-refractivity contribution < 1.29 is 51.1 Å². The molecule has 4 heterocycles. The molecule has 3 aliphatic heterocycles. The van der Waals surface area contributed by atoms with Gasteiger partial charge >= 0.3 is 18.2 Å². The number of benzene rings is 4. The monoisotopic (exact) mass is 994 g/mol. The first kappa shape index (κ1) is 55.0. The van der Waals surface area contributed by atoms with Crippen LogP contribution in [0.25, 0.3) is 22.3 Å². The molecule has 5 aromatic rings. The first-order valence-corrected chi connectivity index (χ1v) is 24.3. The van der Waals surface area contributed by atoms with E-state index in [1.54, 1.807) is 101 Å². The lowest BCUT2D eigenvalue weighted by Gasteiger charge is -2.30. The molecule has 0 fully saturated rings. The molecule has 0 N–H and O–H groups in total. The fraction of sp³-hybridized carbons (Fsp3) is 0.364. The van der Waals surface area contributed by atoms with Gasteiger partial charge in [-0.25, -0.2) is 23.4 Å². The van der Waals surface area contributed by atoms with Crippen LogP contribution in [-0.2, 0) is 41.1 Å². The lowest BCUT2D eigenvalue weighted by Crippen LogP contribution is -2.44. The highest BCUT2D eigenvalue weighted by Gasteiger charge is 2.43. The number of pyridine rings is 1. The molecule has 0 saturated carbocycles. The number of hydrogen-bond acceptors (Lipinski definition) is 10. The number of anilines is 2. The van der Waals surface area contributed by atoms with Crippen molar-refractivity contribution in [1.29, 1.82) is 0 Å². The van der Waals surface area contributed by atoms with Crippen LogP contribution >= 0.6 is 0 Å². The maximum Gasteiger partial charge on any atom is 0.414 e. The lowest BCUT2D eigenvalue weighted by molar-refractivity contribution is -0.142. The molecule has 4 atom stereocenters. The summed E-state index contributed by atoms with van der Waals surface area (Å²) < 4.78 is 60.4. The predicted molar refractivity (Wildman–Crippen MR) is 274 cm³/mol. The first-order chi connectivity index (χ1) is 33.2. The maximum atomic E-state index is 14.3. The molecule has 3 aliphatic rings. The second kappa shape index (κ2) is 23.3. The van der Waals surface area contributed by atoms with Crippen molar-refractivity contribution in [2.75, 3.05) is 42.9 Å². The number of methoxy groups -OCH3 is 2. The van der Waals surface area contributed by atoms with Gasteiger partial charge in [-0.1, -0.05) is 75.9 Å². The Kier molecular flexibility index (Phi) is 18.1. The van der Waals surface area contributed by atoms with Gasteiger partial charge in [-0.05, 0) is 123 Å². The lowest BCUT2D eigenvalue weighted by atomic mass is 9.95. The summed E-state index contributed by atoms with van der Waals surface area (Å²) in [5, 5.41) is 1.61. The van der Waals surface area contributed by atoms with Gasteiger partial charge in [0.15, 0.2) is 0 Å². The number of hydrogen-bond donors (Lipinski definition) is 0. The van der Waals surface area contributed by atoms with Gasteiger partial charge in [0, 0.05) is 48.1 Å². The zero-order valence-electron chi connectivity index (χ0n) is 41.2. The van der Waals surface area contributed by atoms with Crippen molar-refractivity contribution >= 4 is 46.2 Å². The molecule has 1 aromatic heterocycles. The van der Waals surface area contributed by atoms with E-state index >= 15 is 0 Å². The van der Waals surface area contributed by atoms with Crippen LogP contribution in [-0.4, -0.2) is 88.5 Å². The standard InChI is InChI=1S/C31H32FN3O5S.C21H22FNO4.C2H6.CH4/c1-31(2,3)40-30(37)35-18-26(25-10-7-22(16-27(25)35)21-5-8-23(32)9-6-21)29(36)34(24-12-14-41(38)19-24)17-20-11-13-33-28(15-20)39-4;1-21(2,3)27-20(25)23-12-17(19(24)26-4)16-10-7-14(11-18(16)23)13-5-8-15(22)9-6-13;1-2;/h5-16,24,26H,17-19H2,1-4H3;5-11,17H,12H2,1-4H3;1-2H3;1H4. The van der Waals surface area contributed by atoms with Gasteiger partial charge in [-0.3, -0.25) is 23.6 Å². The van der Waals surface area contributed by atoms with E-state index in [9.17, 15) is 32.2 Å². The predicted octanol–water partition coefficient (Wildman–Crippen LogP) is 11.6. The SMILES string of the molecule is C.CC.COC(=O)C1CN(C(=O)OC(C)(C)C)c2cc(-c3ccc(F)cc3)ccc21.COc1cc(CN(C(=O)C2CN(C(=O)OC(C)(C)C)c3cc(-c4ccc(F)cc4)ccc32)C2C=CS(=O)C2)ccn1. The van der Waals surface area contributed by atoms with E-state index in [0.29, 0.717) is 34.1 Å². The molecule has 0 radical (unpaired) electrons. The molecular formula is C55H64F2N4O9S. The molecule has 0 bridgehead atoms. The van der Waals surface area contributed by atoms with Gasteiger partial charge in [-0.2, -0.15) is 0 Å². The Bertz CT molecular complexity index is 2750. The quantitative estimate of drug-likeness (QED) is 0.109. The number of nitrogens with zero attached hydrogens (tertiary/aromatic N) is 4. The highest BCUT2D eigenvalue weighted by Crippen LogP contribution is 2.43. The van der Waals surface area contributed by atoms with Crippen LogP contribution in [0.15, 0.2) is 115 Å². The minimum Gasteiger partial charge on any atom is -0.481 e. The van der Waals surface area contributed by atoms with E-state index in [1.807, 2.05) is 50.2 Å². The van der Waals surface area contributed by atoms with Crippen LogP contribution in [0.4, 0.5) is 29.7 Å². The molecule has 378 valence electrons. The Labute approximate surface area is 418 Å². The van der Waals surface area contributed by atoms with Crippen LogP contribution in [0, 0.1) is 11.6 Å². The molecule has 13 nitrogen and oxygen atoms in total. The van der Waals surface area contributed by atoms with E-state index in [2.05, 4.69) is 4.98 Å². The van der Waals surface area contributed by atoms with Crippen LogP contribution in [0.1, 0.15) is 91.3 Å². The summed E-state index contributed by atoms with van der Waals surface area (Å²) in [5.41, 5.74) is 5.15. The van der Waals surface area contributed by atoms with E-state index in [0.717, 1.165) is 27.8 Å². The summed E-state index contributed by atoms with van der Waals surface area (Å²) >= 11 is 0. The molecule has 0 aliphatic carbocycles. The number of rotatable bonds is 8. The first-order valence-electron chi connectivity index (χ1n) is 23.0. The van der Waals surface area contributed by atoms with Crippen molar-refractivity contribution in [3.8, 4) is 28.1 Å². The van der Waals surface area contributed by atoms with Gasteiger partial charge in [0.25, 0.3) is 0 Å². The molecular weight excluding hydrogens is 931 g/mol. The number of amides is 3. The number of carbonyl (C=O) groups excluding carboxylic acids is 4. The normalized spacial score (nSPS) is 17.5. The van der Waals surface area contributed by atoms with E-state index in [4.69, 9.17) is 18.9 Å². The Morgan fingerprint density at radius 3 is 1.59 bits per heavy atom. The maximum absolute atomic E-state index is 14.3. The molecule has 16 heteroatoms. The number of aromatic nitrogens is 1. The van der Waals surface area contributed by atoms with Crippen LogP contribution < -0.4 is 14.5 Å². The fourth-order valence-corrected chi connectivity index (χ4v) is 9.24. The molecule has 4 unspecified atom stereocenters. The third-order valence-corrected chi connectivity index (χ3v) is 12.5. The van der Waals surface area contributed by atoms with Gasteiger partial charge in [0.05, 0.1) is 43.3 Å². The summed E-state index contributed by atoms with van der Waals surface area (Å²) in [6.07, 6.45) is 2.33. The topological polar surface area (TPSA) is 145 Å². The minimum atomic E-state index is -1.18. The van der Waals surface area contributed by atoms with Crippen LogP contribution in [0.5, 0.6) is 5.88 Å². The Morgan fingerprint density at radius 2 is 1.15 bits per heavy atom. The number of fused-ring (bicyclic) bond motifs is 2. The Hall–Kier alpha value is -6.94. The van der Waals surface area contributed by atoms with Crippen molar-refractivity contribution in [3.63, 3.8) is 0 Å². The fourth-order valence-electron chi connectivity index (χ4n) is 8.15. The van der Waals surface area contributed by atoms with Gasteiger partial charge < -0.3 is 23.8 Å². The zero-order valence-corrected chi connectivity index (χ0v) is 42.0. The number of halogens is 2. The highest BCUT2D eigenvalue weighted by molar-refractivity contribution is 7.88. The largest absolute Gasteiger partial charge is 0.481 e. The average molecular weight is 995 g/mol. The van der Waals surface area contributed by atoms with Crippen molar-refractivity contribution in [3.05, 3.63) is 143 Å². The van der Waals surface area contributed by atoms with Crippen LogP contribution in [0.2, 0.25) is 0 Å². The van der Waals surface area contributed by atoms with Crippen LogP contribution in [0.3, 0.4) is 0 Å². The second-order valence-corrected chi connectivity index (χ2v) is 19.9. The minimum absolute atomic E-state index is 0. The van der Waals surface area contributed by atoms with E-state index in [1.165, 1.54) is 48.3 Å². The smallest absolute Gasteiger partial charge is 0.414 e. The second-order valence-electron chi connectivity index (χ2n) is 18.5. The van der Waals surface area contributed by atoms with Crippen molar-refractivity contribution in [1.82, 2.24) is 9.88 Å². The number of ether oxygens (including phenoxy) is 4. The van der Waals surface area contributed by atoms with Gasteiger partial charge in [-0.15, -0.1) is 0 Å². The summed E-state index contributed by atoms with van der Waals surface area (Å²) in [6.45, 7) is 15.2. The third kappa shape index (κ3) is 13.5. The summed E-state index contributed by atoms with van der Waals surface area (Å²) in [4.78, 5) is 61.4. The molecule has 71 heavy (non-hydrogen) atoms. The Morgan fingerprint density at radius 1 is 0.690 bits per heavy atom. The zero-order chi connectivity index (χ0) is 51.1. The summed E-state index contributed by atoms with van der Waals surface area (Å²) in [5.74, 6) is -1.78. The molecule has 3 amide bonds. The number of esters is 1. The molecule has 8 rings (SSSR count). The highest BCUT2D eigenvalue weighted by atomic mass is 32.2. The van der Waals surface area contributed by atoms with Gasteiger partial charge in [0.2, 0.25) is 11.8 Å². The van der Waals surface area contributed by atoms with E-state index in [-0.39, 0.29) is 50.6 Å². The Balaban J connectivity index is 0.000000272. The molecule has 4 aromatic carbocycles. The number of carbonyl (C=O) groups is 4. The summed E-state index contributed by atoms with van der Waals surface area (Å²) in [7, 11) is 1.68. The summed E-state index contributed by atoms with van der Waals surface area (Å²) in [6, 6.07) is 26.4. The average Bonchev–Trinajstić information content (AvgIpc) is 4.05. The molecule has 0 spiro atoms.